The van der Waals surface area contributed by atoms with Crippen LogP contribution in [0.25, 0.3) is 0 Å². The maximum absolute atomic E-state index is 13.0. The summed E-state index contributed by atoms with van der Waals surface area (Å²) < 4.78 is 23.5. The van der Waals surface area contributed by atoms with E-state index in [0.717, 1.165) is 44.9 Å². The van der Waals surface area contributed by atoms with Crippen molar-refractivity contribution in [2.45, 2.75) is 347 Å². The minimum Gasteiger partial charge on any atom is -0.756 e. The normalized spacial score (nSPS) is 13.9. The number of carbonyl (C=O) groups excluding carboxylic acids is 1. The molecular formula is C65H129N2O6P. The lowest BCUT2D eigenvalue weighted by atomic mass is 10.0. The van der Waals surface area contributed by atoms with Crippen LogP contribution >= 0.6 is 7.82 Å². The summed E-state index contributed by atoms with van der Waals surface area (Å²) in [5.41, 5.74) is 0. The van der Waals surface area contributed by atoms with Crippen LogP contribution in [0.4, 0.5) is 0 Å². The minimum absolute atomic E-state index is 0.0139. The SMILES string of the molecule is CCCCCCC/C=C\C/C=C\CCCCCCCCCCCCCCCC(=O)NC(COP(=O)([O-])OCC[N+](C)(C)C)C(O)CCCCCCCCCCCCCCCCCCCCCCCCCCCCC. The number of rotatable bonds is 61. The summed E-state index contributed by atoms with van der Waals surface area (Å²) in [5, 5.41) is 14.1. The van der Waals surface area contributed by atoms with Gasteiger partial charge in [-0.2, -0.15) is 0 Å². The molecule has 0 aromatic heterocycles. The first-order chi connectivity index (χ1) is 36.0. The Morgan fingerprint density at radius 2 is 0.784 bits per heavy atom. The smallest absolute Gasteiger partial charge is 0.268 e. The molecule has 0 aromatic carbocycles. The van der Waals surface area contributed by atoms with Crippen molar-refractivity contribution in [2.75, 3.05) is 40.9 Å². The highest BCUT2D eigenvalue weighted by molar-refractivity contribution is 7.45. The molecule has 0 aliphatic carbocycles. The van der Waals surface area contributed by atoms with Gasteiger partial charge < -0.3 is 28.8 Å². The number of allylic oxidation sites excluding steroid dienone is 4. The van der Waals surface area contributed by atoms with Gasteiger partial charge in [-0.15, -0.1) is 0 Å². The fraction of sp³-hybridized carbons (Fsp3) is 0.923. The number of aliphatic hydroxyl groups is 1. The molecule has 1 amide bonds. The molecule has 0 saturated carbocycles. The zero-order valence-electron chi connectivity index (χ0n) is 50.3. The Bertz CT molecular complexity index is 1260. The fourth-order valence-electron chi connectivity index (χ4n) is 10.1. The van der Waals surface area contributed by atoms with Gasteiger partial charge in [0.05, 0.1) is 39.9 Å². The molecule has 0 bridgehead atoms. The summed E-state index contributed by atoms with van der Waals surface area (Å²) in [6, 6.07) is -0.801. The third-order valence-corrected chi connectivity index (χ3v) is 16.2. The number of carbonyl (C=O) groups is 1. The Hall–Kier alpha value is -1.02. The van der Waals surface area contributed by atoms with E-state index in [2.05, 4.69) is 43.5 Å². The van der Waals surface area contributed by atoms with Crippen molar-refractivity contribution < 1.29 is 32.9 Å². The summed E-state index contributed by atoms with van der Waals surface area (Å²) in [6.45, 7) is 4.76. The topological polar surface area (TPSA) is 108 Å². The van der Waals surface area contributed by atoms with Crippen LogP contribution in [0.1, 0.15) is 335 Å². The molecule has 0 aliphatic rings. The van der Waals surface area contributed by atoms with Crippen molar-refractivity contribution in [3.05, 3.63) is 24.3 Å². The zero-order valence-corrected chi connectivity index (χ0v) is 51.2. The van der Waals surface area contributed by atoms with Gasteiger partial charge in [-0.25, -0.2) is 0 Å². The monoisotopic (exact) mass is 1060 g/mol. The molecule has 0 saturated heterocycles. The molecule has 0 radical (unpaired) electrons. The minimum atomic E-state index is -4.58. The van der Waals surface area contributed by atoms with Gasteiger partial charge in [0.1, 0.15) is 13.2 Å². The van der Waals surface area contributed by atoms with Crippen LogP contribution in [-0.2, 0) is 18.4 Å². The van der Waals surface area contributed by atoms with Crippen LogP contribution in [0.3, 0.4) is 0 Å². The first-order valence-electron chi connectivity index (χ1n) is 32.7. The molecule has 440 valence electrons. The Balaban J connectivity index is 4.07. The standard InChI is InChI=1S/C65H129N2O6P/c1-6-8-10-12-14-16-18-20-22-24-26-28-30-32-33-35-36-38-40-42-44-46-48-50-52-54-56-58-64(68)63(62-73-74(70,71)72-61-60-67(3,4)5)66-65(69)59-57-55-53-51-49-47-45-43-41-39-37-34-31-29-27-25-23-21-19-17-15-13-11-9-7-2/h19,21,25,27,63-64,68H,6-18,20,22-24,26,28-62H2,1-5H3,(H-,66,69,70,71)/b21-19-,27-25-. The molecule has 0 aromatic rings. The third-order valence-electron chi connectivity index (χ3n) is 15.2. The molecule has 0 spiro atoms. The number of phosphoric ester groups is 1. The number of amides is 1. The van der Waals surface area contributed by atoms with Crippen LogP contribution < -0.4 is 10.2 Å². The molecule has 2 N–H and O–H groups in total. The van der Waals surface area contributed by atoms with Crippen LogP contribution in [-0.4, -0.2) is 68.5 Å². The molecule has 0 aliphatic heterocycles. The molecular weight excluding hydrogens is 936 g/mol. The Kier molecular flexibility index (Phi) is 55.9. The van der Waals surface area contributed by atoms with Gasteiger partial charge in [0.2, 0.25) is 5.91 Å². The van der Waals surface area contributed by atoms with Crippen LogP contribution in [0.2, 0.25) is 0 Å². The van der Waals surface area contributed by atoms with E-state index in [9.17, 15) is 19.4 Å². The number of quaternary nitrogens is 1. The maximum Gasteiger partial charge on any atom is 0.268 e. The lowest BCUT2D eigenvalue weighted by Crippen LogP contribution is -2.46. The summed E-state index contributed by atoms with van der Waals surface area (Å²) in [5.74, 6) is -0.160. The predicted octanol–water partition coefficient (Wildman–Crippen LogP) is 19.7. The van der Waals surface area contributed by atoms with Crippen molar-refractivity contribution in [1.82, 2.24) is 5.32 Å². The van der Waals surface area contributed by atoms with Gasteiger partial charge in [0.25, 0.3) is 7.82 Å². The van der Waals surface area contributed by atoms with Gasteiger partial charge in [-0.05, 0) is 44.9 Å². The number of unbranched alkanes of at least 4 members (excludes halogenated alkanes) is 44. The number of hydrogen-bond donors (Lipinski definition) is 2. The Morgan fingerprint density at radius 1 is 0.473 bits per heavy atom. The van der Waals surface area contributed by atoms with E-state index in [1.165, 1.54) is 263 Å². The van der Waals surface area contributed by atoms with E-state index < -0.39 is 20.0 Å². The number of likely N-dealkylation sites (N-methyl/N-ethyl adjacent to an activating group) is 1. The highest BCUT2D eigenvalue weighted by Crippen LogP contribution is 2.38. The van der Waals surface area contributed by atoms with Crippen molar-refractivity contribution in [3.8, 4) is 0 Å². The van der Waals surface area contributed by atoms with E-state index in [4.69, 9.17) is 9.05 Å². The van der Waals surface area contributed by atoms with Crippen molar-refractivity contribution in [3.63, 3.8) is 0 Å². The van der Waals surface area contributed by atoms with E-state index in [-0.39, 0.29) is 19.1 Å². The number of aliphatic hydroxyl groups excluding tert-OH is 1. The summed E-state index contributed by atoms with van der Waals surface area (Å²) in [6.07, 6.45) is 72.3. The second-order valence-corrected chi connectivity index (χ2v) is 25.2. The molecule has 9 heteroatoms. The molecule has 0 fully saturated rings. The maximum atomic E-state index is 13.0. The summed E-state index contributed by atoms with van der Waals surface area (Å²) >= 11 is 0. The lowest BCUT2D eigenvalue weighted by molar-refractivity contribution is -0.870. The van der Waals surface area contributed by atoms with Gasteiger partial charge in [-0.1, -0.05) is 308 Å². The van der Waals surface area contributed by atoms with E-state index >= 15 is 0 Å². The van der Waals surface area contributed by atoms with Crippen molar-refractivity contribution in [2.24, 2.45) is 0 Å². The number of nitrogens with one attached hydrogen (secondary N) is 1. The quantitative estimate of drug-likeness (QED) is 0.0272. The first-order valence-corrected chi connectivity index (χ1v) is 34.1. The van der Waals surface area contributed by atoms with E-state index in [1.54, 1.807) is 0 Å². The average molecular weight is 1070 g/mol. The fourth-order valence-corrected chi connectivity index (χ4v) is 10.8. The van der Waals surface area contributed by atoms with Gasteiger partial charge >= 0.3 is 0 Å². The molecule has 8 nitrogen and oxygen atoms in total. The molecule has 0 heterocycles. The largest absolute Gasteiger partial charge is 0.756 e. The average Bonchev–Trinajstić information content (AvgIpc) is 3.36. The molecule has 3 unspecified atom stereocenters. The predicted molar refractivity (Wildman–Crippen MR) is 321 cm³/mol. The highest BCUT2D eigenvalue weighted by Gasteiger charge is 2.24. The van der Waals surface area contributed by atoms with Gasteiger partial charge in [-0.3, -0.25) is 9.36 Å². The second kappa shape index (κ2) is 56.7. The highest BCUT2D eigenvalue weighted by atomic mass is 31.2. The molecule has 3 atom stereocenters. The Labute approximate surface area is 462 Å². The summed E-state index contributed by atoms with van der Waals surface area (Å²) in [7, 11) is 1.32. The van der Waals surface area contributed by atoms with E-state index in [0.29, 0.717) is 23.9 Å². The van der Waals surface area contributed by atoms with Crippen LogP contribution in [0, 0.1) is 0 Å². The number of phosphoric acid groups is 1. The second-order valence-electron chi connectivity index (χ2n) is 23.8. The molecule has 74 heavy (non-hydrogen) atoms. The van der Waals surface area contributed by atoms with Crippen molar-refractivity contribution >= 4 is 13.7 Å². The van der Waals surface area contributed by atoms with Crippen molar-refractivity contribution in [1.29, 1.82) is 0 Å². The first kappa shape index (κ1) is 73.0. The van der Waals surface area contributed by atoms with Gasteiger partial charge in [0, 0.05) is 6.42 Å². The number of nitrogens with zero attached hydrogens (tertiary/aromatic N) is 1. The van der Waals surface area contributed by atoms with Crippen LogP contribution in [0.5, 0.6) is 0 Å². The van der Waals surface area contributed by atoms with Crippen LogP contribution in [0.15, 0.2) is 24.3 Å². The lowest BCUT2D eigenvalue weighted by Gasteiger charge is -2.30. The zero-order chi connectivity index (χ0) is 54.2. The Morgan fingerprint density at radius 3 is 1.12 bits per heavy atom. The van der Waals surface area contributed by atoms with Gasteiger partial charge in [0.15, 0.2) is 0 Å². The third kappa shape index (κ3) is 58.7. The van der Waals surface area contributed by atoms with E-state index in [1.807, 2.05) is 21.1 Å². The molecule has 0 rings (SSSR count). The number of hydrogen-bond acceptors (Lipinski definition) is 6. The summed E-state index contributed by atoms with van der Waals surface area (Å²) in [4.78, 5) is 25.6.